The molecule has 26 heavy (non-hydrogen) atoms. The van der Waals surface area contributed by atoms with Gasteiger partial charge in [-0.2, -0.15) is 0 Å². The number of ether oxygens (including phenoxy) is 2. The van der Waals surface area contributed by atoms with Crippen molar-refractivity contribution in [2.45, 2.75) is 38.8 Å². The highest BCUT2D eigenvalue weighted by Crippen LogP contribution is 2.19. The molecule has 0 aromatic carbocycles. The van der Waals surface area contributed by atoms with Gasteiger partial charge in [0.05, 0.1) is 25.9 Å². The Kier molecular flexibility index (Phi) is 9.67. The van der Waals surface area contributed by atoms with Gasteiger partial charge in [-0.3, -0.25) is 9.89 Å². The zero-order valence-corrected chi connectivity index (χ0v) is 17.2. The van der Waals surface area contributed by atoms with Crippen LogP contribution in [0.4, 0.5) is 0 Å². The third-order valence-corrected chi connectivity index (χ3v) is 5.65. The van der Waals surface area contributed by atoms with Crippen molar-refractivity contribution in [3.05, 3.63) is 0 Å². The molecule has 0 aromatic heterocycles. The molecule has 0 radical (unpaired) electrons. The van der Waals surface area contributed by atoms with Crippen molar-refractivity contribution in [1.82, 2.24) is 20.4 Å². The molecule has 0 amide bonds. The molecule has 2 aliphatic rings. The van der Waals surface area contributed by atoms with Crippen molar-refractivity contribution in [3.63, 3.8) is 0 Å². The van der Waals surface area contributed by atoms with E-state index in [2.05, 4.69) is 46.3 Å². The molecule has 0 spiro atoms. The second kappa shape index (κ2) is 11.7. The molecule has 7 heteroatoms. The van der Waals surface area contributed by atoms with Crippen LogP contribution >= 0.6 is 0 Å². The normalized spacial score (nSPS) is 24.7. The van der Waals surface area contributed by atoms with Gasteiger partial charge in [0.25, 0.3) is 0 Å². The fourth-order valence-electron chi connectivity index (χ4n) is 3.96. The molecule has 2 heterocycles. The highest BCUT2D eigenvalue weighted by molar-refractivity contribution is 5.79. The molecule has 7 nitrogen and oxygen atoms in total. The molecule has 2 unspecified atom stereocenters. The Hall–Kier alpha value is -0.890. The van der Waals surface area contributed by atoms with Gasteiger partial charge in [-0.15, -0.1) is 0 Å². The number of hydrogen-bond acceptors (Lipinski definition) is 5. The van der Waals surface area contributed by atoms with Crippen LogP contribution in [0.3, 0.4) is 0 Å². The molecule has 2 rings (SSSR count). The predicted molar refractivity (Wildman–Crippen MR) is 107 cm³/mol. The number of nitrogens with one attached hydrogen (secondary N) is 2. The number of hydrogen-bond donors (Lipinski definition) is 2. The number of guanidine groups is 1. The third kappa shape index (κ3) is 6.68. The maximum Gasteiger partial charge on any atom is 0.191 e. The molecular weight excluding hydrogens is 330 g/mol. The SMILES string of the molecule is CCC(CC)C(CNC(=NC)NCC1CN(C)CCO1)N1CCOCC1. The Morgan fingerprint density at radius 1 is 1.12 bits per heavy atom. The van der Waals surface area contributed by atoms with Crippen molar-refractivity contribution in [2.24, 2.45) is 10.9 Å². The van der Waals surface area contributed by atoms with E-state index in [0.29, 0.717) is 12.0 Å². The maximum absolute atomic E-state index is 5.83. The van der Waals surface area contributed by atoms with Crippen LogP contribution in [0.5, 0.6) is 0 Å². The van der Waals surface area contributed by atoms with Crippen molar-refractivity contribution >= 4 is 5.96 Å². The van der Waals surface area contributed by atoms with E-state index in [9.17, 15) is 0 Å². The summed E-state index contributed by atoms with van der Waals surface area (Å²) in [6.07, 6.45) is 2.63. The van der Waals surface area contributed by atoms with E-state index in [1.807, 2.05) is 7.05 Å². The van der Waals surface area contributed by atoms with Crippen LogP contribution in [0.15, 0.2) is 4.99 Å². The number of morpholine rings is 2. The lowest BCUT2D eigenvalue weighted by atomic mass is 9.92. The zero-order chi connectivity index (χ0) is 18.8. The summed E-state index contributed by atoms with van der Waals surface area (Å²) in [5.41, 5.74) is 0. The number of nitrogens with zero attached hydrogens (tertiary/aromatic N) is 3. The second-order valence-electron chi connectivity index (χ2n) is 7.38. The average Bonchev–Trinajstić information content (AvgIpc) is 2.68. The van der Waals surface area contributed by atoms with Crippen molar-refractivity contribution in [2.75, 3.05) is 73.2 Å². The first kappa shape index (κ1) is 21.4. The van der Waals surface area contributed by atoms with E-state index in [4.69, 9.17) is 9.47 Å². The molecule has 2 aliphatic heterocycles. The van der Waals surface area contributed by atoms with Gasteiger partial charge in [0, 0.05) is 52.4 Å². The summed E-state index contributed by atoms with van der Waals surface area (Å²) in [7, 11) is 3.98. The van der Waals surface area contributed by atoms with E-state index in [1.54, 1.807) is 0 Å². The summed E-state index contributed by atoms with van der Waals surface area (Å²) in [5.74, 6) is 1.56. The van der Waals surface area contributed by atoms with Crippen molar-refractivity contribution < 1.29 is 9.47 Å². The second-order valence-corrected chi connectivity index (χ2v) is 7.38. The lowest BCUT2D eigenvalue weighted by Crippen LogP contribution is -2.54. The number of aliphatic imine (C=N–C) groups is 1. The summed E-state index contributed by atoms with van der Waals surface area (Å²) >= 11 is 0. The van der Waals surface area contributed by atoms with E-state index in [0.717, 1.165) is 65.0 Å². The zero-order valence-electron chi connectivity index (χ0n) is 17.2. The largest absolute Gasteiger partial charge is 0.379 e. The summed E-state index contributed by atoms with van der Waals surface area (Å²) < 4.78 is 11.4. The molecule has 0 aliphatic carbocycles. The highest BCUT2D eigenvalue weighted by Gasteiger charge is 2.27. The number of rotatable bonds is 8. The summed E-state index contributed by atoms with van der Waals surface area (Å²) in [5, 5.41) is 6.99. The van der Waals surface area contributed by atoms with Gasteiger partial charge < -0.3 is 25.0 Å². The lowest BCUT2D eigenvalue weighted by Gasteiger charge is -2.39. The molecule has 0 bridgehead atoms. The van der Waals surface area contributed by atoms with E-state index >= 15 is 0 Å². The fraction of sp³-hybridized carbons (Fsp3) is 0.947. The van der Waals surface area contributed by atoms with Gasteiger partial charge >= 0.3 is 0 Å². The summed E-state index contributed by atoms with van der Waals surface area (Å²) in [4.78, 5) is 9.30. The van der Waals surface area contributed by atoms with Gasteiger partial charge in [0.2, 0.25) is 0 Å². The first-order chi connectivity index (χ1) is 12.7. The molecular formula is C19H39N5O2. The third-order valence-electron chi connectivity index (χ3n) is 5.65. The lowest BCUT2D eigenvalue weighted by molar-refractivity contribution is -0.0161. The smallest absolute Gasteiger partial charge is 0.191 e. The van der Waals surface area contributed by atoms with Crippen LogP contribution in [0.25, 0.3) is 0 Å². The molecule has 2 N–H and O–H groups in total. The molecule has 0 aromatic rings. The van der Waals surface area contributed by atoms with Crippen molar-refractivity contribution in [3.8, 4) is 0 Å². The molecule has 2 fully saturated rings. The monoisotopic (exact) mass is 369 g/mol. The standard InChI is InChI=1S/C19H39N5O2/c1-5-16(6-2)18(24-8-10-25-11-9-24)14-22-19(20-3)21-13-17-15-23(4)7-12-26-17/h16-18H,5-15H2,1-4H3,(H2,20,21,22). The quantitative estimate of drug-likeness (QED) is 0.483. The summed E-state index contributed by atoms with van der Waals surface area (Å²) in [6.45, 7) is 12.8. The van der Waals surface area contributed by atoms with Gasteiger partial charge in [0.1, 0.15) is 0 Å². The Labute approximate surface area is 159 Å². The van der Waals surface area contributed by atoms with Crippen LogP contribution in [0.1, 0.15) is 26.7 Å². The Bertz CT molecular complexity index is 411. The van der Waals surface area contributed by atoms with E-state index in [1.165, 1.54) is 12.8 Å². The minimum atomic E-state index is 0.223. The van der Waals surface area contributed by atoms with E-state index < -0.39 is 0 Å². The van der Waals surface area contributed by atoms with Crippen LogP contribution in [0, 0.1) is 5.92 Å². The van der Waals surface area contributed by atoms with Crippen LogP contribution in [-0.2, 0) is 9.47 Å². The van der Waals surface area contributed by atoms with Crippen LogP contribution in [0.2, 0.25) is 0 Å². The maximum atomic E-state index is 5.83. The minimum absolute atomic E-state index is 0.223. The molecule has 2 atom stereocenters. The Morgan fingerprint density at radius 3 is 2.46 bits per heavy atom. The first-order valence-electron chi connectivity index (χ1n) is 10.2. The van der Waals surface area contributed by atoms with Crippen LogP contribution in [-0.4, -0.2) is 101 Å². The topological polar surface area (TPSA) is 61.4 Å². The van der Waals surface area contributed by atoms with Crippen LogP contribution < -0.4 is 10.6 Å². The molecule has 152 valence electrons. The highest BCUT2D eigenvalue weighted by atomic mass is 16.5. The minimum Gasteiger partial charge on any atom is -0.379 e. The number of likely N-dealkylation sites (N-methyl/N-ethyl adjacent to an activating group) is 1. The molecule has 2 saturated heterocycles. The van der Waals surface area contributed by atoms with E-state index in [-0.39, 0.29) is 6.10 Å². The predicted octanol–water partition coefficient (Wildman–Crippen LogP) is 0.619. The average molecular weight is 370 g/mol. The van der Waals surface area contributed by atoms with Crippen molar-refractivity contribution in [1.29, 1.82) is 0 Å². The summed E-state index contributed by atoms with van der Waals surface area (Å²) in [6, 6.07) is 0.518. The molecule has 0 saturated carbocycles. The fourth-order valence-corrected chi connectivity index (χ4v) is 3.96. The van der Waals surface area contributed by atoms with Gasteiger partial charge in [0.15, 0.2) is 5.96 Å². The Balaban J connectivity index is 1.84. The Morgan fingerprint density at radius 2 is 1.85 bits per heavy atom. The first-order valence-corrected chi connectivity index (χ1v) is 10.2. The van der Waals surface area contributed by atoms with Gasteiger partial charge in [-0.05, 0) is 13.0 Å². The van der Waals surface area contributed by atoms with Gasteiger partial charge in [-0.25, -0.2) is 0 Å². The van der Waals surface area contributed by atoms with Gasteiger partial charge in [-0.1, -0.05) is 26.7 Å².